The Morgan fingerprint density at radius 1 is 1.27 bits per heavy atom. The number of hydrogen-bond donors (Lipinski definition) is 1. The van der Waals surface area contributed by atoms with Gasteiger partial charge in [-0.1, -0.05) is 23.7 Å². The number of piperazine rings is 1. The molecule has 3 rings (SSSR count). The topological polar surface area (TPSA) is 48.5 Å². The van der Waals surface area contributed by atoms with Crippen LogP contribution in [0.3, 0.4) is 0 Å². The van der Waals surface area contributed by atoms with E-state index in [2.05, 4.69) is 25.5 Å². The molecular weight excluding hydrogens is 368 g/mol. The monoisotopic (exact) mass is 392 g/mol. The quantitative estimate of drug-likeness (QED) is 0.821. The first-order valence-electron chi connectivity index (χ1n) is 8.91. The molecule has 1 aromatic heterocycles. The Labute approximate surface area is 164 Å². The van der Waals surface area contributed by atoms with Gasteiger partial charge in [0.05, 0.1) is 16.7 Å². The number of thiazole rings is 1. The van der Waals surface area contributed by atoms with E-state index in [4.69, 9.17) is 11.6 Å². The van der Waals surface area contributed by atoms with E-state index in [0.29, 0.717) is 11.6 Å². The van der Waals surface area contributed by atoms with Gasteiger partial charge in [0.15, 0.2) is 0 Å². The normalized spacial score (nSPS) is 17.2. The average molecular weight is 393 g/mol. The van der Waals surface area contributed by atoms with Gasteiger partial charge in [-0.15, -0.1) is 11.3 Å². The number of carbonyl (C=O) groups excluding carboxylic acids is 1. The number of halogens is 1. The first-order chi connectivity index (χ1) is 12.5. The highest BCUT2D eigenvalue weighted by atomic mass is 35.5. The zero-order valence-electron chi connectivity index (χ0n) is 15.2. The molecule has 0 radical (unpaired) electrons. The third-order valence-corrected chi connectivity index (χ3v) is 5.84. The molecule has 2 heterocycles. The fourth-order valence-corrected chi connectivity index (χ4v) is 3.85. The summed E-state index contributed by atoms with van der Waals surface area (Å²) in [5.41, 5.74) is 2.20. The Hall–Kier alpha value is -1.47. The number of rotatable bonds is 6. The van der Waals surface area contributed by atoms with Crippen LogP contribution in [0.1, 0.15) is 23.2 Å². The highest BCUT2D eigenvalue weighted by molar-refractivity contribution is 7.09. The lowest BCUT2D eigenvalue weighted by molar-refractivity contribution is -0.126. The van der Waals surface area contributed by atoms with Crippen molar-refractivity contribution in [2.45, 2.75) is 33.0 Å². The van der Waals surface area contributed by atoms with Crippen LogP contribution in [0.15, 0.2) is 29.6 Å². The van der Waals surface area contributed by atoms with Crippen molar-refractivity contribution in [2.24, 2.45) is 0 Å². The van der Waals surface area contributed by atoms with Crippen LogP contribution in [0.5, 0.6) is 0 Å². The molecule has 1 aliphatic rings. The van der Waals surface area contributed by atoms with Gasteiger partial charge in [-0.2, -0.15) is 0 Å². The predicted octanol–water partition coefficient (Wildman–Crippen LogP) is 2.93. The molecule has 1 amide bonds. The van der Waals surface area contributed by atoms with Crippen molar-refractivity contribution < 1.29 is 4.79 Å². The van der Waals surface area contributed by atoms with Crippen LogP contribution in [0.4, 0.5) is 0 Å². The van der Waals surface area contributed by atoms with Crippen molar-refractivity contribution >= 4 is 28.8 Å². The maximum atomic E-state index is 12.5. The molecule has 26 heavy (non-hydrogen) atoms. The van der Waals surface area contributed by atoms with Crippen LogP contribution in [-0.4, -0.2) is 52.9 Å². The Balaban J connectivity index is 1.42. The summed E-state index contributed by atoms with van der Waals surface area (Å²) in [7, 11) is 0. The van der Waals surface area contributed by atoms with E-state index in [1.165, 1.54) is 0 Å². The Morgan fingerprint density at radius 2 is 1.96 bits per heavy atom. The summed E-state index contributed by atoms with van der Waals surface area (Å²) in [5, 5.41) is 6.98. The molecule has 2 aromatic rings. The minimum atomic E-state index is -0.119. The van der Waals surface area contributed by atoms with Gasteiger partial charge in [0.1, 0.15) is 0 Å². The predicted molar refractivity (Wildman–Crippen MR) is 106 cm³/mol. The second-order valence-electron chi connectivity index (χ2n) is 6.69. The highest BCUT2D eigenvalue weighted by Gasteiger charge is 2.25. The van der Waals surface area contributed by atoms with Crippen molar-refractivity contribution in [2.75, 3.05) is 26.2 Å². The van der Waals surface area contributed by atoms with E-state index in [1.807, 2.05) is 38.1 Å². The lowest BCUT2D eigenvalue weighted by Crippen LogP contribution is -2.53. The van der Waals surface area contributed by atoms with Crippen molar-refractivity contribution in [1.82, 2.24) is 20.1 Å². The molecule has 5 nitrogen and oxygen atoms in total. The van der Waals surface area contributed by atoms with Crippen LogP contribution >= 0.6 is 22.9 Å². The molecule has 1 atom stereocenters. The molecule has 1 fully saturated rings. The molecule has 0 bridgehead atoms. The molecular formula is C19H25ClN4OS. The fourth-order valence-electron chi connectivity index (χ4n) is 3.12. The number of nitrogens with zero attached hydrogens (tertiary/aromatic N) is 3. The van der Waals surface area contributed by atoms with Gasteiger partial charge in [0.25, 0.3) is 0 Å². The third-order valence-electron chi connectivity index (χ3n) is 4.77. The number of benzene rings is 1. The van der Waals surface area contributed by atoms with E-state index in [1.54, 1.807) is 11.3 Å². The number of aromatic nitrogens is 1. The minimum Gasteiger partial charge on any atom is -0.351 e. The number of amides is 1. The maximum Gasteiger partial charge on any atom is 0.237 e. The van der Waals surface area contributed by atoms with Gasteiger partial charge in [-0.05, 0) is 31.5 Å². The summed E-state index contributed by atoms with van der Waals surface area (Å²) in [6, 6.07) is 7.44. The van der Waals surface area contributed by atoms with E-state index in [-0.39, 0.29) is 11.9 Å². The largest absolute Gasteiger partial charge is 0.351 e. The van der Waals surface area contributed by atoms with E-state index in [0.717, 1.165) is 49.0 Å². The third kappa shape index (κ3) is 5.27. The van der Waals surface area contributed by atoms with Crippen molar-refractivity contribution in [1.29, 1.82) is 0 Å². The number of carbonyl (C=O) groups is 1. The maximum absolute atomic E-state index is 12.5. The minimum absolute atomic E-state index is 0.0727. The molecule has 1 unspecified atom stereocenters. The van der Waals surface area contributed by atoms with Crippen molar-refractivity contribution in [3.05, 3.63) is 50.9 Å². The van der Waals surface area contributed by atoms with Gasteiger partial charge in [-0.25, -0.2) is 4.98 Å². The summed E-state index contributed by atoms with van der Waals surface area (Å²) in [5.74, 6) is 0.0727. The Bertz CT molecular complexity index is 725. The lowest BCUT2D eigenvalue weighted by atomic mass is 10.2. The lowest BCUT2D eigenvalue weighted by Gasteiger charge is -2.37. The van der Waals surface area contributed by atoms with Crippen LogP contribution in [0, 0.1) is 6.92 Å². The Kier molecular flexibility index (Phi) is 6.64. The van der Waals surface area contributed by atoms with Gasteiger partial charge in [0.2, 0.25) is 5.91 Å². The number of aryl methyl sites for hydroxylation is 1. The SMILES string of the molecule is Cc1nc(CN2CCN(C(C)C(=O)NCc3ccc(Cl)cc3)CC2)cs1. The molecule has 1 N–H and O–H groups in total. The smallest absolute Gasteiger partial charge is 0.237 e. The molecule has 1 aliphatic heterocycles. The molecule has 0 spiro atoms. The summed E-state index contributed by atoms with van der Waals surface area (Å²) >= 11 is 7.59. The van der Waals surface area contributed by atoms with Gasteiger partial charge >= 0.3 is 0 Å². The number of hydrogen-bond acceptors (Lipinski definition) is 5. The highest BCUT2D eigenvalue weighted by Crippen LogP contribution is 2.14. The molecule has 1 saturated heterocycles. The van der Waals surface area contributed by atoms with E-state index >= 15 is 0 Å². The number of nitrogens with one attached hydrogen (secondary N) is 1. The zero-order chi connectivity index (χ0) is 18.5. The fraction of sp³-hybridized carbons (Fsp3) is 0.474. The second-order valence-corrected chi connectivity index (χ2v) is 8.19. The molecule has 1 aromatic carbocycles. The summed E-state index contributed by atoms with van der Waals surface area (Å²) in [6.45, 7) is 9.18. The summed E-state index contributed by atoms with van der Waals surface area (Å²) < 4.78 is 0. The van der Waals surface area contributed by atoms with Crippen molar-refractivity contribution in [3.63, 3.8) is 0 Å². The standard InChI is InChI=1S/C19H25ClN4OS/c1-14(19(25)21-11-16-3-5-17(20)6-4-16)24-9-7-23(8-10-24)12-18-13-26-15(2)22-18/h3-6,13-14H,7-12H2,1-2H3,(H,21,25). The Morgan fingerprint density at radius 3 is 2.58 bits per heavy atom. The van der Waals surface area contributed by atoms with Crippen LogP contribution in [0.25, 0.3) is 0 Å². The molecule has 0 aliphatic carbocycles. The molecule has 7 heteroatoms. The van der Waals surface area contributed by atoms with Crippen LogP contribution < -0.4 is 5.32 Å². The first kappa shape index (κ1) is 19.3. The van der Waals surface area contributed by atoms with Crippen LogP contribution in [-0.2, 0) is 17.9 Å². The summed E-state index contributed by atoms with van der Waals surface area (Å²) in [6.07, 6.45) is 0. The van der Waals surface area contributed by atoms with Crippen LogP contribution in [0.2, 0.25) is 5.02 Å². The van der Waals surface area contributed by atoms with Gasteiger partial charge in [0, 0.05) is 49.7 Å². The average Bonchev–Trinajstić information content (AvgIpc) is 3.06. The van der Waals surface area contributed by atoms with Gasteiger partial charge < -0.3 is 5.32 Å². The second kappa shape index (κ2) is 8.95. The summed E-state index contributed by atoms with van der Waals surface area (Å²) in [4.78, 5) is 21.6. The first-order valence-corrected chi connectivity index (χ1v) is 10.2. The molecule has 0 saturated carbocycles. The van der Waals surface area contributed by atoms with Gasteiger partial charge in [-0.3, -0.25) is 14.6 Å². The zero-order valence-corrected chi connectivity index (χ0v) is 16.8. The molecule has 140 valence electrons. The van der Waals surface area contributed by atoms with E-state index < -0.39 is 0 Å². The van der Waals surface area contributed by atoms with Crippen molar-refractivity contribution in [3.8, 4) is 0 Å². The van der Waals surface area contributed by atoms with E-state index in [9.17, 15) is 4.79 Å².